The molecule has 0 fully saturated rings. The Bertz CT molecular complexity index is 200. The summed E-state index contributed by atoms with van der Waals surface area (Å²) in [6, 6.07) is 0. The maximum absolute atomic E-state index is 9.75. The molecule has 3 heteroatoms. The molecule has 0 spiro atoms. The summed E-state index contributed by atoms with van der Waals surface area (Å²) in [6.07, 6.45) is 0. The molecule has 1 N–H and O–H groups in total. The minimum Gasteiger partial charge on any atom is -0.389 e. The molecule has 0 aliphatic rings. The van der Waals surface area contributed by atoms with Crippen LogP contribution < -0.4 is 0 Å². The van der Waals surface area contributed by atoms with Crippen molar-refractivity contribution in [2.24, 2.45) is 0 Å². The number of hydrogen-bond acceptors (Lipinski definition) is 2. The van der Waals surface area contributed by atoms with Crippen LogP contribution in [0.1, 0.15) is 34.6 Å². The molecule has 0 unspecified atom stereocenters. The van der Waals surface area contributed by atoms with Gasteiger partial charge in [0.1, 0.15) is 0 Å². The number of rotatable bonds is 4. The van der Waals surface area contributed by atoms with Crippen LogP contribution in [0, 0.1) is 0 Å². The van der Waals surface area contributed by atoms with Gasteiger partial charge in [-0.1, -0.05) is 18.2 Å². The Labute approximate surface area is 92.6 Å². The molecule has 14 heavy (non-hydrogen) atoms. The molecule has 0 bridgehead atoms. The van der Waals surface area contributed by atoms with E-state index in [2.05, 4.69) is 32.3 Å². The van der Waals surface area contributed by atoms with Gasteiger partial charge in [0, 0.05) is 23.7 Å². The molecular weight excluding hydrogens is 198 g/mol. The lowest BCUT2D eigenvalue weighted by molar-refractivity contribution is 0.00869. The van der Waals surface area contributed by atoms with E-state index in [-0.39, 0.29) is 5.54 Å². The molecule has 0 saturated carbocycles. The summed E-state index contributed by atoms with van der Waals surface area (Å²) in [5, 5.41) is 10.4. The lowest BCUT2D eigenvalue weighted by Crippen LogP contribution is -2.49. The molecule has 0 aliphatic carbocycles. The first-order valence-electron chi connectivity index (χ1n) is 4.83. The van der Waals surface area contributed by atoms with Crippen molar-refractivity contribution in [3.63, 3.8) is 0 Å². The first-order valence-corrected chi connectivity index (χ1v) is 5.21. The van der Waals surface area contributed by atoms with Crippen molar-refractivity contribution in [1.29, 1.82) is 0 Å². The van der Waals surface area contributed by atoms with Crippen molar-refractivity contribution in [3.8, 4) is 0 Å². The van der Waals surface area contributed by atoms with Crippen LogP contribution in [0.2, 0.25) is 0 Å². The van der Waals surface area contributed by atoms with Gasteiger partial charge in [0.25, 0.3) is 0 Å². The molecule has 2 nitrogen and oxygen atoms in total. The topological polar surface area (TPSA) is 23.5 Å². The minimum absolute atomic E-state index is 0.0160. The van der Waals surface area contributed by atoms with Crippen LogP contribution in [-0.2, 0) is 0 Å². The molecule has 0 rings (SSSR count). The Morgan fingerprint density at radius 2 is 1.71 bits per heavy atom. The zero-order chi connectivity index (χ0) is 11.6. The molecule has 84 valence electrons. The molecule has 0 radical (unpaired) electrons. The number of β-amino-alcohol motifs (C(OH)–C–C–N with tert-alkyl or cyclic N) is 1. The lowest BCUT2D eigenvalue weighted by Gasteiger charge is -2.39. The Morgan fingerprint density at radius 3 is 1.93 bits per heavy atom. The van der Waals surface area contributed by atoms with Gasteiger partial charge < -0.3 is 5.11 Å². The van der Waals surface area contributed by atoms with Crippen molar-refractivity contribution in [2.75, 3.05) is 13.1 Å². The van der Waals surface area contributed by atoms with E-state index in [0.29, 0.717) is 18.1 Å². The number of nitrogens with zero attached hydrogens (tertiary/aromatic N) is 1. The van der Waals surface area contributed by atoms with Crippen LogP contribution in [0.25, 0.3) is 0 Å². The largest absolute Gasteiger partial charge is 0.389 e. The third-order valence-electron chi connectivity index (χ3n) is 1.89. The van der Waals surface area contributed by atoms with Crippen LogP contribution in [0.3, 0.4) is 0 Å². The molecule has 0 saturated heterocycles. The van der Waals surface area contributed by atoms with Crippen molar-refractivity contribution in [3.05, 3.63) is 11.6 Å². The zero-order valence-corrected chi connectivity index (χ0v) is 10.6. The highest BCUT2D eigenvalue weighted by Gasteiger charge is 2.27. The summed E-state index contributed by atoms with van der Waals surface area (Å²) in [6.45, 7) is 14.7. The summed E-state index contributed by atoms with van der Waals surface area (Å²) in [4.78, 5) is 2.11. The normalized spacial score (nSPS) is 13.4. The molecule has 0 aliphatic heterocycles. The van der Waals surface area contributed by atoms with Gasteiger partial charge in [-0.05, 0) is 34.6 Å². The van der Waals surface area contributed by atoms with Gasteiger partial charge in [0.05, 0.1) is 5.60 Å². The predicted molar refractivity (Wildman–Crippen MR) is 62.6 cm³/mol. The Morgan fingerprint density at radius 1 is 1.29 bits per heavy atom. The zero-order valence-electron chi connectivity index (χ0n) is 9.89. The van der Waals surface area contributed by atoms with Gasteiger partial charge in [0.15, 0.2) is 0 Å². The molecule has 0 atom stereocenters. The van der Waals surface area contributed by atoms with E-state index in [4.69, 9.17) is 11.6 Å². The molecule has 0 aromatic carbocycles. The molecule has 0 aromatic heterocycles. The average Bonchev–Trinajstić information content (AvgIpc) is 1.78. The van der Waals surface area contributed by atoms with E-state index in [9.17, 15) is 5.11 Å². The average molecular weight is 220 g/mol. The second-order valence-electron chi connectivity index (χ2n) is 5.36. The standard InChI is InChI=1S/C11H22ClNO/c1-9(12)7-13(10(2,3)4)8-11(5,6)14/h14H,1,7-8H2,2-6H3. The summed E-state index contributed by atoms with van der Waals surface area (Å²) < 4.78 is 0. The highest BCUT2D eigenvalue weighted by molar-refractivity contribution is 6.29. The first-order chi connectivity index (χ1) is 6.02. The van der Waals surface area contributed by atoms with Crippen LogP contribution >= 0.6 is 11.6 Å². The van der Waals surface area contributed by atoms with Crippen molar-refractivity contribution in [2.45, 2.75) is 45.8 Å². The van der Waals surface area contributed by atoms with Gasteiger partial charge in [-0.2, -0.15) is 0 Å². The first kappa shape index (κ1) is 13.9. The van der Waals surface area contributed by atoms with Crippen LogP contribution in [0.4, 0.5) is 0 Å². The van der Waals surface area contributed by atoms with Crippen molar-refractivity contribution >= 4 is 11.6 Å². The van der Waals surface area contributed by atoms with E-state index in [1.807, 2.05) is 0 Å². The smallest absolute Gasteiger partial charge is 0.0718 e. The van der Waals surface area contributed by atoms with Gasteiger partial charge in [-0.3, -0.25) is 4.90 Å². The Balaban J connectivity index is 4.50. The monoisotopic (exact) mass is 219 g/mol. The molecule has 0 heterocycles. The number of hydrogen-bond donors (Lipinski definition) is 1. The maximum atomic E-state index is 9.75. The molecule has 0 aromatic rings. The van der Waals surface area contributed by atoms with Gasteiger partial charge in [-0.25, -0.2) is 0 Å². The maximum Gasteiger partial charge on any atom is 0.0718 e. The van der Waals surface area contributed by atoms with E-state index in [0.717, 1.165) is 0 Å². The van der Waals surface area contributed by atoms with Gasteiger partial charge in [-0.15, -0.1) is 0 Å². The third-order valence-corrected chi connectivity index (χ3v) is 2.01. The lowest BCUT2D eigenvalue weighted by atomic mass is 10.0. The van der Waals surface area contributed by atoms with Crippen LogP contribution in [0.15, 0.2) is 11.6 Å². The van der Waals surface area contributed by atoms with Crippen LogP contribution in [0.5, 0.6) is 0 Å². The Hall–Kier alpha value is -0.0500. The van der Waals surface area contributed by atoms with Gasteiger partial charge >= 0.3 is 0 Å². The van der Waals surface area contributed by atoms with Gasteiger partial charge in [0.2, 0.25) is 0 Å². The Kier molecular flexibility index (Phi) is 4.63. The van der Waals surface area contributed by atoms with E-state index in [1.54, 1.807) is 13.8 Å². The summed E-state index contributed by atoms with van der Waals surface area (Å²) in [5.41, 5.74) is -0.725. The van der Waals surface area contributed by atoms with E-state index >= 15 is 0 Å². The number of aliphatic hydroxyl groups is 1. The molecule has 0 amide bonds. The quantitative estimate of drug-likeness (QED) is 0.786. The number of halogens is 1. The fourth-order valence-electron chi connectivity index (χ4n) is 1.20. The predicted octanol–water partition coefficient (Wildman–Crippen LogP) is 2.61. The highest BCUT2D eigenvalue weighted by Crippen LogP contribution is 2.19. The fraction of sp³-hybridized carbons (Fsp3) is 0.818. The van der Waals surface area contributed by atoms with E-state index < -0.39 is 5.60 Å². The summed E-state index contributed by atoms with van der Waals surface area (Å²) in [7, 11) is 0. The fourth-order valence-corrected chi connectivity index (χ4v) is 1.35. The van der Waals surface area contributed by atoms with E-state index in [1.165, 1.54) is 0 Å². The van der Waals surface area contributed by atoms with Crippen molar-refractivity contribution < 1.29 is 5.11 Å². The minimum atomic E-state index is -0.709. The summed E-state index contributed by atoms with van der Waals surface area (Å²) >= 11 is 5.79. The molecular formula is C11H22ClNO. The van der Waals surface area contributed by atoms with Crippen LogP contribution in [-0.4, -0.2) is 34.2 Å². The SMILES string of the molecule is C=C(Cl)CN(CC(C)(C)O)C(C)(C)C. The third kappa shape index (κ3) is 6.41. The highest BCUT2D eigenvalue weighted by atomic mass is 35.5. The summed E-state index contributed by atoms with van der Waals surface area (Å²) in [5.74, 6) is 0. The second-order valence-corrected chi connectivity index (χ2v) is 5.89. The second kappa shape index (κ2) is 4.65. The van der Waals surface area contributed by atoms with Crippen molar-refractivity contribution in [1.82, 2.24) is 4.90 Å².